The number of nitrogens with zero attached hydrogens (tertiary/aromatic N) is 2. The second-order valence-electron chi connectivity index (χ2n) is 6.31. The maximum absolute atomic E-state index is 5.35. The third-order valence-electron chi connectivity index (χ3n) is 4.48. The van der Waals surface area contributed by atoms with Crippen LogP contribution < -0.4 is 5.32 Å². The Kier molecular flexibility index (Phi) is 6.15. The third-order valence-corrected chi connectivity index (χ3v) is 4.48. The molecule has 0 bridgehead atoms. The zero-order chi connectivity index (χ0) is 15.1. The fourth-order valence-corrected chi connectivity index (χ4v) is 3.12. The molecule has 0 radical (unpaired) electrons. The molecule has 1 heterocycles. The molecule has 0 atom stereocenters. The monoisotopic (exact) mass is 291 g/mol. The molecule has 0 amide bonds. The Hall–Kier alpha value is -1.45. The van der Waals surface area contributed by atoms with Crippen LogP contribution in [0, 0.1) is 11.8 Å². The number of guanidine groups is 1. The summed E-state index contributed by atoms with van der Waals surface area (Å²) < 4.78 is 5.35. The highest BCUT2D eigenvalue weighted by Crippen LogP contribution is 2.28. The standard InChI is InChI=1S/C17H29N3O/c1-14-6-8-15(9-7-14)13-20(3)17(18-2)19-11-10-16-5-4-12-21-16/h4-5,12,14-15H,6-11,13H2,1-3H3,(H,18,19). The van der Waals surface area contributed by atoms with Crippen molar-refractivity contribution >= 4 is 5.96 Å². The summed E-state index contributed by atoms with van der Waals surface area (Å²) in [6, 6.07) is 3.94. The van der Waals surface area contributed by atoms with Gasteiger partial charge in [-0.05, 0) is 36.8 Å². The summed E-state index contributed by atoms with van der Waals surface area (Å²) in [4.78, 5) is 6.65. The normalized spacial score (nSPS) is 23.1. The van der Waals surface area contributed by atoms with Gasteiger partial charge in [0, 0.05) is 33.6 Å². The summed E-state index contributed by atoms with van der Waals surface area (Å²) in [5.74, 6) is 3.73. The van der Waals surface area contributed by atoms with Crippen LogP contribution in [0.3, 0.4) is 0 Å². The maximum Gasteiger partial charge on any atom is 0.193 e. The first-order valence-corrected chi connectivity index (χ1v) is 8.13. The van der Waals surface area contributed by atoms with Crippen LogP contribution >= 0.6 is 0 Å². The second-order valence-corrected chi connectivity index (χ2v) is 6.31. The van der Waals surface area contributed by atoms with E-state index in [1.165, 1.54) is 25.7 Å². The van der Waals surface area contributed by atoms with Gasteiger partial charge in [-0.2, -0.15) is 0 Å². The van der Waals surface area contributed by atoms with Gasteiger partial charge in [-0.3, -0.25) is 4.99 Å². The molecule has 1 aromatic rings. The molecule has 0 unspecified atom stereocenters. The van der Waals surface area contributed by atoms with Gasteiger partial charge in [0.25, 0.3) is 0 Å². The maximum atomic E-state index is 5.35. The molecule has 1 N–H and O–H groups in total. The Morgan fingerprint density at radius 2 is 2.14 bits per heavy atom. The lowest BCUT2D eigenvalue weighted by Crippen LogP contribution is -2.42. The van der Waals surface area contributed by atoms with E-state index in [0.717, 1.165) is 43.1 Å². The van der Waals surface area contributed by atoms with Gasteiger partial charge in [0.15, 0.2) is 5.96 Å². The Bertz CT molecular complexity index is 419. The number of nitrogens with one attached hydrogen (secondary N) is 1. The summed E-state index contributed by atoms with van der Waals surface area (Å²) in [5, 5.41) is 3.42. The van der Waals surface area contributed by atoms with Gasteiger partial charge in [0.2, 0.25) is 0 Å². The topological polar surface area (TPSA) is 40.8 Å². The highest BCUT2D eigenvalue weighted by molar-refractivity contribution is 5.79. The number of furan rings is 1. The molecule has 0 aromatic carbocycles. The molecule has 4 nitrogen and oxygen atoms in total. The first-order valence-electron chi connectivity index (χ1n) is 8.13. The number of aliphatic imine (C=N–C) groups is 1. The predicted octanol–water partition coefficient (Wildman–Crippen LogP) is 3.16. The zero-order valence-electron chi connectivity index (χ0n) is 13.6. The number of hydrogen-bond donors (Lipinski definition) is 1. The molecule has 0 aliphatic heterocycles. The number of hydrogen-bond acceptors (Lipinski definition) is 2. The molecule has 0 saturated heterocycles. The Balaban J connectivity index is 1.72. The van der Waals surface area contributed by atoms with Crippen molar-refractivity contribution in [2.24, 2.45) is 16.8 Å². The SMILES string of the molecule is CN=C(NCCc1ccco1)N(C)CC1CCC(C)CC1. The van der Waals surface area contributed by atoms with E-state index in [1.54, 1.807) is 6.26 Å². The lowest BCUT2D eigenvalue weighted by Gasteiger charge is -2.31. The van der Waals surface area contributed by atoms with Crippen molar-refractivity contribution in [3.8, 4) is 0 Å². The fourth-order valence-electron chi connectivity index (χ4n) is 3.12. The fraction of sp³-hybridized carbons (Fsp3) is 0.706. The van der Waals surface area contributed by atoms with Crippen molar-refractivity contribution in [2.75, 3.05) is 27.2 Å². The van der Waals surface area contributed by atoms with Crippen LogP contribution in [0.4, 0.5) is 0 Å². The lowest BCUT2D eigenvalue weighted by molar-refractivity contribution is 0.250. The van der Waals surface area contributed by atoms with E-state index < -0.39 is 0 Å². The van der Waals surface area contributed by atoms with Crippen molar-refractivity contribution in [1.82, 2.24) is 10.2 Å². The smallest absolute Gasteiger partial charge is 0.193 e. The van der Waals surface area contributed by atoms with Crippen molar-refractivity contribution in [2.45, 2.75) is 39.0 Å². The van der Waals surface area contributed by atoms with E-state index in [1.807, 2.05) is 19.2 Å². The van der Waals surface area contributed by atoms with Crippen LogP contribution in [0.1, 0.15) is 38.4 Å². The van der Waals surface area contributed by atoms with Gasteiger partial charge < -0.3 is 14.6 Å². The minimum Gasteiger partial charge on any atom is -0.469 e. The summed E-state index contributed by atoms with van der Waals surface area (Å²) in [5.41, 5.74) is 0. The molecular weight excluding hydrogens is 262 g/mol. The third kappa shape index (κ3) is 5.10. The van der Waals surface area contributed by atoms with Gasteiger partial charge in [0.05, 0.1) is 6.26 Å². The molecule has 1 aromatic heterocycles. The van der Waals surface area contributed by atoms with Gasteiger partial charge in [-0.1, -0.05) is 19.8 Å². The van der Waals surface area contributed by atoms with E-state index in [2.05, 4.69) is 29.2 Å². The van der Waals surface area contributed by atoms with Gasteiger partial charge >= 0.3 is 0 Å². The van der Waals surface area contributed by atoms with Crippen molar-refractivity contribution in [3.05, 3.63) is 24.2 Å². The molecule has 2 rings (SSSR count). The zero-order valence-corrected chi connectivity index (χ0v) is 13.6. The Labute approximate surface area is 128 Å². The summed E-state index contributed by atoms with van der Waals surface area (Å²) in [6.07, 6.45) is 8.08. The van der Waals surface area contributed by atoms with E-state index in [-0.39, 0.29) is 0 Å². The van der Waals surface area contributed by atoms with E-state index in [9.17, 15) is 0 Å². The minimum absolute atomic E-state index is 0.815. The first kappa shape index (κ1) is 15.9. The van der Waals surface area contributed by atoms with Crippen molar-refractivity contribution in [1.29, 1.82) is 0 Å². The summed E-state index contributed by atoms with van der Waals surface area (Å²) in [6.45, 7) is 4.33. The second kappa shape index (κ2) is 8.11. The largest absolute Gasteiger partial charge is 0.469 e. The molecule has 1 saturated carbocycles. The average Bonchev–Trinajstić information content (AvgIpc) is 2.99. The van der Waals surface area contributed by atoms with Crippen LogP contribution in [0.15, 0.2) is 27.8 Å². The highest BCUT2D eigenvalue weighted by atomic mass is 16.3. The van der Waals surface area contributed by atoms with Crippen molar-refractivity contribution in [3.63, 3.8) is 0 Å². The summed E-state index contributed by atoms with van der Waals surface area (Å²) in [7, 11) is 3.99. The van der Waals surface area contributed by atoms with Crippen LogP contribution in [-0.2, 0) is 6.42 Å². The Morgan fingerprint density at radius 3 is 2.76 bits per heavy atom. The predicted molar refractivity (Wildman–Crippen MR) is 87.5 cm³/mol. The molecule has 21 heavy (non-hydrogen) atoms. The van der Waals surface area contributed by atoms with Crippen molar-refractivity contribution < 1.29 is 4.42 Å². The molecule has 0 spiro atoms. The van der Waals surface area contributed by atoms with Gasteiger partial charge in [-0.25, -0.2) is 0 Å². The molecule has 1 fully saturated rings. The summed E-state index contributed by atoms with van der Waals surface area (Å²) >= 11 is 0. The molecule has 1 aliphatic carbocycles. The van der Waals surface area contributed by atoms with E-state index in [0.29, 0.717) is 0 Å². The van der Waals surface area contributed by atoms with Crippen LogP contribution in [0.2, 0.25) is 0 Å². The van der Waals surface area contributed by atoms with Crippen LogP contribution in [0.25, 0.3) is 0 Å². The van der Waals surface area contributed by atoms with Gasteiger partial charge in [0.1, 0.15) is 5.76 Å². The highest BCUT2D eigenvalue weighted by Gasteiger charge is 2.20. The lowest BCUT2D eigenvalue weighted by atomic mass is 9.83. The molecule has 118 valence electrons. The number of rotatable bonds is 5. The van der Waals surface area contributed by atoms with E-state index in [4.69, 9.17) is 4.42 Å². The van der Waals surface area contributed by atoms with Gasteiger partial charge in [-0.15, -0.1) is 0 Å². The van der Waals surface area contributed by atoms with Crippen LogP contribution in [0.5, 0.6) is 0 Å². The van der Waals surface area contributed by atoms with E-state index >= 15 is 0 Å². The quantitative estimate of drug-likeness (QED) is 0.669. The molecule has 4 heteroatoms. The first-order chi connectivity index (χ1) is 10.2. The minimum atomic E-state index is 0.815. The molecular formula is C17H29N3O. The van der Waals surface area contributed by atoms with Crippen LogP contribution in [-0.4, -0.2) is 38.0 Å². The molecule has 1 aliphatic rings. The Morgan fingerprint density at radius 1 is 1.38 bits per heavy atom. The average molecular weight is 291 g/mol.